The molecule has 1 heterocycles. The summed E-state index contributed by atoms with van der Waals surface area (Å²) >= 11 is 0. The minimum Gasteiger partial charge on any atom is -0.366 e. The zero-order chi connectivity index (χ0) is 14.0. The summed E-state index contributed by atoms with van der Waals surface area (Å²) in [4.78, 5) is 10.3. The summed E-state index contributed by atoms with van der Waals surface area (Å²) in [5, 5.41) is 21.0. The topological polar surface area (TPSA) is 62.2 Å². The van der Waals surface area contributed by atoms with Gasteiger partial charge in [0.2, 0.25) is 0 Å². The second-order valence-electron chi connectivity index (χ2n) is 6.40. The Morgan fingerprint density at radius 2 is 1.72 bits per heavy atom. The highest BCUT2D eigenvalue weighted by Crippen LogP contribution is 2.38. The molecule has 1 saturated heterocycles. The Morgan fingerprint density at radius 1 is 1.22 bits per heavy atom. The molecule has 0 aromatic rings. The first-order valence-electron chi connectivity index (χ1n) is 6.68. The molecule has 0 bridgehead atoms. The van der Waals surface area contributed by atoms with E-state index in [4.69, 9.17) is 9.78 Å². The van der Waals surface area contributed by atoms with Gasteiger partial charge >= 0.3 is 0 Å². The van der Waals surface area contributed by atoms with Crippen LogP contribution in [0.25, 0.3) is 0 Å². The first-order valence-corrected chi connectivity index (χ1v) is 6.68. The highest BCUT2D eigenvalue weighted by atomic mass is 17.2. The van der Waals surface area contributed by atoms with Crippen molar-refractivity contribution in [1.82, 2.24) is 5.06 Å². The second kappa shape index (κ2) is 5.84. The van der Waals surface area contributed by atoms with Gasteiger partial charge in [-0.2, -0.15) is 5.06 Å². The van der Waals surface area contributed by atoms with Gasteiger partial charge in [-0.1, -0.05) is 13.3 Å². The van der Waals surface area contributed by atoms with E-state index < -0.39 is 6.29 Å². The van der Waals surface area contributed by atoms with Crippen LogP contribution in [0, 0.1) is 0 Å². The van der Waals surface area contributed by atoms with Crippen LogP contribution in [0.3, 0.4) is 0 Å². The van der Waals surface area contributed by atoms with Crippen LogP contribution in [-0.2, 0) is 9.78 Å². The van der Waals surface area contributed by atoms with Crippen LogP contribution in [0.1, 0.15) is 60.3 Å². The first kappa shape index (κ1) is 15.9. The number of aliphatic hydroxyl groups excluding tert-OH is 1. The van der Waals surface area contributed by atoms with Gasteiger partial charge in [0.15, 0.2) is 6.29 Å². The van der Waals surface area contributed by atoms with Crippen molar-refractivity contribution < 1.29 is 20.1 Å². The molecule has 0 aromatic heterocycles. The van der Waals surface area contributed by atoms with Crippen LogP contribution in [0.15, 0.2) is 0 Å². The van der Waals surface area contributed by atoms with E-state index in [0.29, 0.717) is 19.3 Å². The Hall–Kier alpha value is -0.200. The predicted molar refractivity (Wildman–Crippen MR) is 67.9 cm³/mol. The van der Waals surface area contributed by atoms with Gasteiger partial charge in [0, 0.05) is 17.5 Å². The molecule has 0 saturated carbocycles. The fourth-order valence-corrected chi connectivity index (χ4v) is 2.68. The molecule has 5 heteroatoms. The number of hydroxylamine groups is 2. The minimum absolute atomic E-state index is 0.120. The van der Waals surface area contributed by atoms with Crippen molar-refractivity contribution in [1.29, 1.82) is 0 Å². The fourth-order valence-electron chi connectivity index (χ4n) is 2.68. The lowest BCUT2D eigenvalue weighted by Crippen LogP contribution is -2.60. The van der Waals surface area contributed by atoms with Gasteiger partial charge in [0.25, 0.3) is 0 Å². The molecule has 2 N–H and O–H groups in total. The van der Waals surface area contributed by atoms with E-state index in [9.17, 15) is 10.3 Å². The quantitative estimate of drug-likeness (QED) is 0.452. The van der Waals surface area contributed by atoms with Crippen LogP contribution >= 0.6 is 0 Å². The number of piperidine rings is 1. The smallest absolute Gasteiger partial charge is 0.188 e. The standard InChI is InChI=1S/C13H27NO4/c1-6-7-11(15)18-17-10-8-12(2,3)14(16)13(4,5)9-10/h10-11,15-16H,6-9H2,1-5H3. The predicted octanol–water partition coefficient (Wildman–Crippen LogP) is 2.46. The zero-order valence-electron chi connectivity index (χ0n) is 12.1. The summed E-state index contributed by atoms with van der Waals surface area (Å²) in [5.41, 5.74) is -0.739. The minimum atomic E-state index is -0.867. The maximum Gasteiger partial charge on any atom is 0.188 e. The van der Waals surface area contributed by atoms with E-state index >= 15 is 0 Å². The summed E-state index contributed by atoms with van der Waals surface area (Å²) in [6.07, 6.45) is 1.73. The molecule has 1 aliphatic heterocycles. The molecule has 0 radical (unpaired) electrons. The molecular formula is C13H27NO4. The third-order valence-corrected chi connectivity index (χ3v) is 3.44. The molecule has 1 unspecified atom stereocenters. The maximum absolute atomic E-state index is 10.1. The third-order valence-electron chi connectivity index (χ3n) is 3.44. The Balaban J connectivity index is 2.53. The van der Waals surface area contributed by atoms with Gasteiger partial charge < -0.3 is 10.3 Å². The number of hydrogen-bond acceptors (Lipinski definition) is 5. The summed E-state index contributed by atoms with van der Waals surface area (Å²) < 4.78 is 0. The molecular weight excluding hydrogens is 234 g/mol. The highest BCUT2D eigenvalue weighted by Gasteiger charge is 2.46. The molecule has 0 spiro atoms. The molecule has 1 aliphatic rings. The van der Waals surface area contributed by atoms with Gasteiger partial charge in [-0.25, -0.2) is 9.78 Å². The Labute approximate surface area is 110 Å². The Morgan fingerprint density at radius 3 is 2.17 bits per heavy atom. The molecule has 1 fully saturated rings. The van der Waals surface area contributed by atoms with Crippen LogP contribution in [-0.4, -0.2) is 38.8 Å². The van der Waals surface area contributed by atoms with Crippen molar-refractivity contribution in [2.24, 2.45) is 0 Å². The van der Waals surface area contributed by atoms with Gasteiger partial charge in [-0.15, -0.1) is 0 Å². The van der Waals surface area contributed by atoms with E-state index in [1.165, 1.54) is 5.06 Å². The van der Waals surface area contributed by atoms with Crippen molar-refractivity contribution in [2.45, 2.75) is 83.8 Å². The van der Waals surface area contributed by atoms with Crippen molar-refractivity contribution >= 4 is 0 Å². The highest BCUT2D eigenvalue weighted by molar-refractivity contribution is 4.96. The molecule has 0 aromatic carbocycles. The van der Waals surface area contributed by atoms with Crippen LogP contribution in [0.4, 0.5) is 0 Å². The zero-order valence-corrected chi connectivity index (χ0v) is 12.1. The molecule has 0 amide bonds. The molecule has 18 heavy (non-hydrogen) atoms. The molecule has 1 rings (SSSR count). The molecule has 5 nitrogen and oxygen atoms in total. The van der Waals surface area contributed by atoms with E-state index in [1.807, 2.05) is 34.6 Å². The largest absolute Gasteiger partial charge is 0.366 e. The second-order valence-corrected chi connectivity index (χ2v) is 6.40. The lowest BCUT2D eigenvalue weighted by Gasteiger charge is -2.50. The van der Waals surface area contributed by atoms with Gasteiger partial charge in [-0.05, 0) is 40.5 Å². The van der Waals surface area contributed by atoms with Gasteiger partial charge in [0.1, 0.15) is 0 Å². The van der Waals surface area contributed by atoms with E-state index in [2.05, 4.69) is 0 Å². The van der Waals surface area contributed by atoms with Crippen LogP contribution in [0.5, 0.6) is 0 Å². The van der Waals surface area contributed by atoms with E-state index in [1.54, 1.807) is 0 Å². The van der Waals surface area contributed by atoms with Crippen molar-refractivity contribution in [3.8, 4) is 0 Å². The molecule has 108 valence electrons. The number of hydrogen-bond donors (Lipinski definition) is 2. The van der Waals surface area contributed by atoms with Gasteiger partial charge in [-0.3, -0.25) is 0 Å². The first-order chi connectivity index (χ1) is 8.19. The summed E-state index contributed by atoms with van der Waals surface area (Å²) in [5.74, 6) is 0. The summed E-state index contributed by atoms with van der Waals surface area (Å²) in [6, 6.07) is 0. The average molecular weight is 261 g/mol. The maximum atomic E-state index is 10.1. The normalized spacial score (nSPS) is 26.2. The van der Waals surface area contributed by atoms with Gasteiger partial charge in [0.05, 0.1) is 6.10 Å². The van der Waals surface area contributed by atoms with Crippen molar-refractivity contribution in [3.63, 3.8) is 0 Å². The Kier molecular flexibility index (Phi) is 5.14. The number of rotatable bonds is 5. The number of nitrogens with zero attached hydrogens (tertiary/aromatic N) is 1. The monoisotopic (exact) mass is 261 g/mol. The molecule has 0 aliphatic carbocycles. The summed E-state index contributed by atoms with van der Waals surface area (Å²) in [7, 11) is 0. The van der Waals surface area contributed by atoms with Crippen molar-refractivity contribution in [2.75, 3.05) is 0 Å². The lowest BCUT2D eigenvalue weighted by atomic mass is 9.80. The van der Waals surface area contributed by atoms with E-state index in [-0.39, 0.29) is 17.2 Å². The van der Waals surface area contributed by atoms with E-state index in [0.717, 1.165) is 6.42 Å². The SMILES string of the molecule is CCCC(O)OOC1CC(C)(C)N(O)C(C)(C)C1. The Bertz CT molecular complexity index is 250. The summed E-state index contributed by atoms with van der Waals surface area (Å²) in [6.45, 7) is 9.84. The fraction of sp³-hybridized carbons (Fsp3) is 1.00. The third kappa shape index (κ3) is 3.90. The number of aliphatic hydroxyl groups is 1. The average Bonchev–Trinajstić information content (AvgIpc) is 2.23. The molecule has 1 atom stereocenters. The van der Waals surface area contributed by atoms with Crippen LogP contribution < -0.4 is 0 Å². The lowest BCUT2D eigenvalue weighted by molar-refractivity contribution is -0.408. The van der Waals surface area contributed by atoms with Crippen molar-refractivity contribution in [3.05, 3.63) is 0 Å². The van der Waals surface area contributed by atoms with Crippen LogP contribution in [0.2, 0.25) is 0 Å².